The number of nitrogens with zero attached hydrogens (tertiary/aromatic N) is 1. The Hall–Kier alpha value is -2.07. The lowest BCUT2D eigenvalue weighted by atomic mass is 10.1. The Morgan fingerprint density at radius 3 is 2.57 bits per heavy atom. The van der Waals surface area contributed by atoms with Gasteiger partial charge >= 0.3 is 0 Å². The molecule has 4 heteroatoms. The van der Waals surface area contributed by atoms with Crippen LogP contribution in [-0.2, 0) is 6.54 Å². The summed E-state index contributed by atoms with van der Waals surface area (Å²) in [5.41, 5.74) is 8.40. The molecule has 0 aromatic heterocycles. The fourth-order valence-corrected chi connectivity index (χ4v) is 2.30. The van der Waals surface area contributed by atoms with Gasteiger partial charge in [0.1, 0.15) is 11.6 Å². The zero-order valence-electron chi connectivity index (χ0n) is 12.6. The van der Waals surface area contributed by atoms with E-state index < -0.39 is 0 Å². The van der Waals surface area contributed by atoms with Crippen LogP contribution in [0, 0.1) is 5.82 Å². The molecule has 0 aliphatic carbocycles. The number of nitrogen functional groups attached to an aromatic ring is 1. The molecule has 2 rings (SSSR count). The Morgan fingerprint density at radius 1 is 1.24 bits per heavy atom. The highest BCUT2D eigenvalue weighted by molar-refractivity contribution is 5.51. The molecule has 2 N–H and O–H groups in total. The molecule has 2 aromatic rings. The molecule has 0 fully saturated rings. The molecule has 0 radical (unpaired) electrons. The lowest BCUT2D eigenvalue weighted by molar-refractivity contribution is 0.248. The topological polar surface area (TPSA) is 38.5 Å². The number of benzene rings is 2. The van der Waals surface area contributed by atoms with Crippen molar-refractivity contribution >= 4 is 5.69 Å². The number of rotatable bonds is 5. The smallest absolute Gasteiger partial charge is 0.127 e. The molecule has 3 nitrogen and oxygen atoms in total. The maximum absolute atomic E-state index is 13.8. The van der Waals surface area contributed by atoms with E-state index in [2.05, 4.69) is 4.90 Å². The second-order valence-electron chi connectivity index (χ2n) is 5.18. The molecule has 0 bridgehead atoms. The van der Waals surface area contributed by atoms with Gasteiger partial charge in [0, 0.05) is 29.9 Å². The van der Waals surface area contributed by atoms with Gasteiger partial charge in [0.25, 0.3) is 0 Å². The van der Waals surface area contributed by atoms with Gasteiger partial charge in [-0.15, -0.1) is 0 Å². The van der Waals surface area contributed by atoms with Gasteiger partial charge in [-0.2, -0.15) is 0 Å². The van der Waals surface area contributed by atoms with Crippen LogP contribution in [0.15, 0.2) is 42.5 Å². The maximum Gasteiger partial charge on any atom is 0.127 e. The summed E-state index contributed by atoms with van der Waals surface area (Å²) in [6.07, 6.45) is 0. The van der Waals surface area contributed by atoms with Crippen molar-refractivity contribution in [2.24, 2.45) is 0 Å². The van der Waals surface area contributed by atoms with Gasteiger partial charge in [0.2, 0.25) is 0 Å². The van der Waals surface area contributed by atoms with Crippen molar-refractivity contribution in [1.82, 2.24) is 4.90 Å². The van der Waals surface area contributed by atoms with Crippen LogP contribution in [0.5, 0.6) is 5.75 Å². The molecular weight excluding hydrogens is 267 g/mol. The van der Waals surface area contributed by atoms with Crippen molar-refractivity contribution in [3.63, 3.8) is 0 Å². The standard InChI is InChI=1S/C17H21FN2O/c1-12(15-6-4-5-7-16(15)18)20(2)11-13-8-9-14(21-3)10-17(13)19/h4-10,12H,11,19H2,1-3H3. The third-order valence-electron chi connectivity index (χ3n) is 3.79. The fraction of sp³-hybridized carbons (Fsp3) is 0.294. The van der Waals surface area contributed by atoms with Crippen molar-refractivity contribution in [2.45, 2.75) is 19.5 Å². The first-order valence-electron chi connectivity index (χ1n) is 6.90. The predicted molar refractivity (Wildman–Crippen MR) is 83.7 cm³/mol. The number of ether oxygens (including phenoxy) is 1. The molecule has 1 unspecified atom stereocenters. The molecule has 2 aromatic carbocycles. The first kappa shape index (κ1) is 15.3. The Labute approximate surface area is 125 Å². The van der Waals surface area contributed by atoms with E-state index in [9.17, 15) is 4.39 Å². The highest BCUT2D eigenvalue weighted by Crippen LogP contribution is 2.26. The minimum Gasteiger partial charge on any atom is -0.497 e. The lowest BCUT2D eigenvalue weighted by Crippen LogP contribution is -2.23. The summed E-state index contributed by atoms with van der Waals surface area (Å²) < 4.78 is 19.0. The summed E-state index contributed by atoms with van der Waals surface area (Å²) in [7, 11) is 3.57. The zero-order valence-corrected chi connectivity index (χ0v) is 12.6. The molecule has 21 heavy (non-hydrogen) atoms. The molecule has 0 aliphatic heterocycles. The Balaban J connectivity index is 2.14. The highest BCUT2D eigenvalue weighted by atomic mass is 19.1. The molecule has 0 amide bonds. The summed E-state index contributed by atoms with van der Waals surface area (Å²) >= 11 is 0. The van der Waals surface area contributed by atoms with E-state index in [1.165, 1.54) is 6.07 Å². The normalized spacial score (nSPS) is 12.4. The number of hydrogen-bond acceptors (Lipinski definition) is 3. The van der Waals surface area contributed by atoms with Crippen molar-refractivity contribution < 1.29 is 9.13 Å². The quantitative estimate of drug-likeness (QED) is 0.854. The van der Waals surface area contributed by atoms with Crippen LogP contribution in [0.3, 0.4) is 0 Å². The molecule has 112 valence electrons. The first-order valence-corrected chi connectivity index (χ1v) is 6.90. The second kappa shape index (κ2) is 6.59. The first-order chi connectivity index (χ1) is 10.0. The summed E-state index contributed by atoms with van der Waals surface area (Å²) in [5, 5.41) is 0. The number of anilines is 1. The second-order valence-corrected chi connectivity index (χ2v) is 5.18. The van der Waals surface area contributed by atoms with Gasteiger partial charge in [-0.1, -0.05) is 24.3 Å². The average Bonchev–Trinajstić information content (AvgIpc) is 2.49. The molecule has 0 heterocycles. The number of nitrogens with two attached hydrogens (primary N) is 1. The molecule has 0 spiro atoms. The van der Waals surface area contributed by atoms with E-state index in [-0.39, 0.29) is 11.9 Å². The highest BCUT2D eigenvalue weighted by Gasteiger charge is 2.16. The zero-order chi connectivity index (χ0) is 15.4. The van der Waals surface area contributed by atoms with Crippen LogP contribution in [0.25, 0.3) is 0 Å². The Morgan fingerprint density at radius 2 is 1.95 bits per heavy atom. The van der Waals surface area contributed by atoms with Gasteiger partial charge in [-0.05, 0) is 31.7 Å². The lowest BCUT2D eigenvalue weighted by Gasteiger charge is -2.26. The monoisotopic (exact) mass is 288 g/mol. The van der Waals surface area contributed by atoms with Crippen LogP contribution in [0.4, 0.5) is 10.1 Å². The summed E-state index contributed by atoms with van der Waals surface area (Å²) in [6, 6.07) is 12.4. The SMILES string of the molecule is COc1ccc(CN(C)C(C)c2ccccc2F)c(N)c1. The molecule has 0 saturated carbocycles. The van der Waals surface area contributed by atoms with Crippen LogP contribution < -0.4 is 10.5 Å². The maximum atomic E-state index is 13.8. The van der Waals surface area contributed by atoms with E-state index >= 15 is 0 Å². The van der Waals surface area contributed by atoms with Gasteiger partial charge in [0.15, 0.2) is 0 Å². The van der Waals surface area contributed by atoms with Crippen molar-refractivity contribution in [1.29, 1.82) is 0 Å². The third-order valence-corrected chi connectivity index (χ3v) is 3.79. The van der Waals surface area contributed by atoms with Crippen LogP contribution >= 0.6 is 0 Å². The molecular formula is C17H21FN2O. The van der Waals surface area contributed by atoms with E-state index in [1.807, 2.05) is 38.2 Å². The van der Waals surface area contributed by atoms with Crippen molar-refractivity contribution in [2.75, 3.05) is 19.9 Å². The summed E-state index contributed by atoms with van der Waals surface area (Å²) in [6.45, 7) is 2.63. The average molecular weight is 288 g/mol. The summed E-state index contributed by atoms with van der Waals surface area (Å²) in [4.78, 5) is 2.07. The van der Waals surface area contributed by atoms with Gasteiger partial charge in [-0.25, -0.2) is 4.39 Å². The van der Waals surface area contributed by atoms with Crippen LogP contribution in [0.1, 0.15) is 24.1 Å². The Kier molecular flexibility index (Phi) is 4.81. The Bertz CT molecular complexity index is 615. The van der Waals surface area contributed by atoms with E-state index in [4.69, 9.17) is 10.5 Å². The van der Waals surface area contributed by atoms with Crippen molar-refractivity contribution in [3.05, 3.63) is 59.4 Å². The predicted octanol–water partition coefficient (Wildman–Crippen LogP) is 3.61. The minimum absolute atomic E-state index is 0.0345. The molecule has 0 aliphatic rings. The van der Waals surface area contributed by atoms with E-state index in [0.717, 1.165) is 11.3 Å². The van der Waals surface area contributed by atoms with Gasteiger partial charge in [0.05, 0.1) is 7.11 Å². The van der Waals surface area contributed by atoms with E-state index in [1.54, 1.807) is 19.2 Å². The third kappa shape index (κ3) is 3.52. The van der Waals surface area contributed by atoms with Crippen molar-refractivity contribution in [3.8, 4) is 5.75 Å². The number of methoxy groups -OCH3 is 1. The van der Waals surface area contributed by atoms with Gasteiger partial charge < -0.3 is 10.5 Å². The van der Waals surface area contributed by atoms with E-state index in [0.29, 0.717) is 17.8 Å². The fourth-order valence-electron chi connectivity index (χ4n) is 2.30. The van der Waals surface area contributed by atoms with Crippen LogP contribution in [-0.4, -0.2) is 19.1 Å². The molecule has 0 saturated heterocycles. The van der Waals surface area contributed by atoms with Crippen LogP contribution in [0.2, 0.25) is 0 Å². The number of halogens is 1. The van der Waals surface area contributed by atoms with Gasteiger partial charge in [-0.3, -0.25) is 4.90 Å². The minimum atomic E-state index is -0.181. The largest absolute Gasteiger partial charge is 0.497 e. The number of hydrogen-bond donors (Lipinski definition) is 1. The molecule has 1 atom stereocenters. The summed E-state index contributed by atoms with van der Waals surface area (Å²) in [5.74, 6) is 0.556.